The molecule has 4 fully saturated rings. The van der Waals surface area contributed by atoms with Crippen LogP contribution in [0.25, 0.3) is 32.9 Å². The van der Waals surface area contributed by atoms with Gasteiger partial charge < -0.3 is 19.5 Å². The summed E-state index contributed by atoms with van der Waals surface area (Å²) in [6, 6.07) is 5.90. The summed E-state index contributed by atoms with van der Waals surface area (Å²) < 4.78 is 58.5. The Hall–Kier alpha value is -3.70. The number of aromatic hydroxyl groups is 1. The molecule has 2 aromatic heterocycles. The lowest BCUT2D eigenvalue weighted by Gasteiger charge is -2.48. The van der Waals surface area contributed by atoms with Gasteiger partial charge in [0.1, 0.15) is 41.4 Å². The molecule has 11 heteroatoms. The summed E-state index contributed by atoms with van der Waals surface area (Å²) in [6.07, 6.45) is 6.01. The van der Waals surface area contributed by atoms with Crippen molar-refractivity contribution in [1.29, 1.82) is 0 Å². The lowest BCUT2D eigenvalue weighted by molar-refractivity contribution is -0.151. The van der Waals surface area contributed by atoms with E-state index in [-0.39, 0.29) is 40.7 Å². The number of halogens is 3. The Morgan fingerprint density at radius 2 is 1.96 bits per heavy atom. The fourth-order valence-electron chi connectivity index (χ4n) is 8.19. The zero-order valence-corrected chi connectivity index (χ0v) is 25.3. The molecule has 0 aliphatic carbocycles. The summed E-state index contributed by atoms with van der Waals surface area (Å²) in [4.78, 5) is 18.2. The number of aryl methyl sites for hydroxylation is 1. The molecule has 2 aromatic carbocycles. The van der Waals surface area contributed by atoms with Crippen LogP contribution in [-0.2, 0) is 11.2 Å². The minimum atomic E-state index is -0.907. The second kappa shape index (κ2) is 10.7. The maximum atomic E-state index is 16.8. The van der Waals surface area contributed by atoms with Gasteiger partial charge >= 0.3 is 6.01 Å². The molecule has 0 saturated carbocycles. The zero-order chi connectivity index (χ0) is 30.9. The topological polar surface area (TPSA) is 83.8 Å². The number of ether oxygens (including phenoxy) is 2. The van der Waals surface area contributed by atoms with E-state index in [9.17, 15) is 13.9 Å². The Morgan fingerprint density at radius 3 is 2.76 bits per heavy atom. The van der Waals surface area contributed by atoms with Gasteiger partial charge in [-0.05, 0) is 73.2 Å². The number of fused-ring (bicyclic) bond motifs is 3. The lowest BCUT2D eigenvalue weighted by Crippen LogP contribution is -2.56. The molecule has 236 valence electrons. The van der Waals surface area contributed by atoms with Crippen molar-refractivity contribution in [3.8, 4) is 23.0 Å². The average molecular weight is 620 g/mol. The van der Waals surface area contributed by atoms with E-state index in [1.165, 1.54) is 18.2 Å². The second-order valence-electron chi connectivity index (χ2n) is 13.2. The molecule has 1 spiro atoms. The molecular formula is C34H36F3N5O3. The number of hydrogen-bond donors (Lipinski definition) is 1. The van der Waals surface area contributed by atoms with E-state index in [4.69, 9.17) is 14.5 Å². The standard InChI is InChI=1S/C34H36F3N5O3/c1-2-23-26(36)6-5-20-13-22(43)14-24(27(20)23)29-28(37)30-25(16-38-29)31(41-10-4-8-34(18-41)9-12-45-34)40-32(39-30)44-19-33-7-3-11-42(33)17-21(35)15-33/h5-6,13-14,16,21,43H,2-4,7-12,15,17-19H2,1H3/t21-,33+,34?/m1/s1. The molecule has 8 nitrogen and oxygen atoms in total. The first-order valence-electron chi connectivity index (χ1n) is 16.0. The first kappa shape index (κ1) is 28.8. The van der Waals surface area contributed by atoms with Crippen LogP contribution in [0.3, 0.4) is 0 Å². The monoisotopic (exact) mass is 619 g/mol. The number of benzene rings is 2. The van der Waals surface area contributed by atoms with Crippen molar-refractivity contribution >= 4 is 27.5 Å². The number of aromatic nitrogens is 3. The van der Waals surface area contributed by atoms with Crippen molar-refractivity contribution in [2.45, 2.75) is 69.2 Å². The molecule has 0 radical (unpaired) electrons. The molecule has 4 aliphatic rings. The van der Waals surface area contributed by atoms with Crippen LogP contribution in [0.2, 0.25) is 0 Å². The van der Waals surface area contributed by atoms with Crippen LogP contribution in [-0.4, -0.2) is 81.7 Å². The molecular weight excluding hydrogens is 583 g/mol. The Kier molecular flexibility index (Phi) is 6.83. The van der Waals surface area contributed by atoms with Gasteiger partial charge in [-0.3, -0.25) is 9.88 Å². The van der Waals surface area contributed by atoms with Gasteiger partial charge in [-0.15, -0.1) is 0 Å². The van der Waals surface area contributed by atoms with Gasteiger partial charge in [-0.1, -0.05) is 13.0 Å². The third-order valence-corrected chi connectivity index (χ3v) is 10.4. The number of rotatable bonds is 6. The maximum absolute atomic E-state index is 16.8. The van der Waals surface area contributed by atoms with Gasteiger partial charge in [-0.2, -0.15) is 9.97 Å². The lowest BCUT2D eigenvalue weighted by atomic mass is 9.86. The Bertz CT molecular complexity index is 1820. The molecule has 0 amide bonds. The highest BCUT2D eigenvalue weighted by Gasteiger charge is 2.49. The Morgan fingerprint density at radius 1 is 1.11 bits per heavy atom. The molecule has 1 unspecified atom stereocenters. The normalized spacial score (nSPS) is 26.6. The molecule has 0 bridgehead atoms. The van der Waals surface area contributed by atoms with E-state index in [1.54, 1.807) is 12.3 Å². The van der Waals surface area contributed by atoms with Gasteiger partial charge in [-0.25, -0.2) is 13.2 Å². The maximum Gasteiger partial charge on any atom is 0.319 e. The highest BCUT2D eigenvalue weighted by atomic mass is 19.1. The molecule has 4 saturated heterocycles. The van der Waals surface area contributed by atoms with Crippen molar-refractivity contribution in [2.75, 3.05) is 44.3 Å². The number of alkyl halides is 1. The van der Waals surface area contributed by atoms with Crippen molar-refractivity contribution in [3.63, 3.8) is 0 Å². The van der Waals surface area contributed by atoms with Gasteiger partial charge in [0.05, 0.1) is 23.1 Å². The largest absolute Gasteiger partial charge is 0.508 e. The molecule has 1 N–H and O–H groups in total. The van der Waals surface area contributed by atoms with E-state index in [0.717, 1.165) is 45.3 Å². The molecule has 4 aliphatic heterocycles. The highest BCUT2D eigenvalue weighted by Crippen LogP contribution is 2.43. The van der Waals surface area contributed by atoms with Gasteiger partial charge in [0, 0.05) is 44.2 Å². The smallest absolute Gasteiger partial charge is 0.319 e. The summed E-state index contributed by atoms with van der Waals surface area (Å²) >= 11 is 0. The number of piperidine rings is 1. The van der Waals surface area contributed by atoms with Crippen molar-refractivity contribution < 1.29 is 27.8 Å². The molecule has 6 heterocycles. The van der Waals surface area contributed by atoms with E-state index in [2.05, 4.69) is 19.8 Å². The van der Waals surface area contributed by atoms with Gasteiger partial charge in [0.2, 0.25) is 0 Å². The number of anilines is 1. The number of phenols is 1. The predicted octanol–water partition coefficient (Wildman–Crippen LogP) is 6.11. The summed E-state index contributed by atoms with van der Waals surface area (Å²) in [5.74, 6) is -0.684. The first-order chi connectivity index (χ1) is 21.8. The summed E-state index contributed by atoms with van der Waals surface area (Å²) in [7, 11) is 0. The van der Waals surface area contributed by atoms with Crippen LogP contribution in [0.5, 0.6) is 11.8 Å². The summed E-state index contributed by atoms with van der Waals surface area (Å²) in [6.45, 7) is 5.30. The predicted molar refractivity (Wildman–Crippen MR) is 165 cm³/mol. The molecule has 4 aromatic rings. The van der Waals surface area contributed by atoms with Crippen LogP contribution in [0, 0.1) is 11.6 Å². The van der Waals surface area contributed by atoms with Crippen LogP contribution in [0.4, 0.5) is 19.0 Å². The molecule has 45 heavy (non-hydrogen) atoms. The minimum absolute atomic E-state index is 0.0206. The van der Waals surface area contributed by atoms with E-state index < -0.39 is 23.3 Å². The third-order valence-electron chi connectivity index (χ3n) is 10.4. The van der Waals surface area contributed by atoms with Gasteiger partial charge in [0.15, 0.2) is 5.82 Å². The first-order valence-corrected chi connectivity index (χ1v) is 16.0. The Labute approximate surface area is 259 Å². The zero-order valence-electron chi connectivity index (χ0n) is 25.3. The second-order valence-corrected chi connectivity index (χ2v) is 13.2. The molecule has 3 atom stereocenters. The number of nitrogens with zero attached hydrogens (tertiary/aromatic N) is 5. The van der Waals surface area contributed by atoms with Crippen LogP contribution in [0.1, 0.15) is 51.0 Å². The highest BCUT2D eigenvalue weighted by molar-refractivity contribution is 6.01. The van der Waals surface area contributed by atoms with Crippen molar-refractivity contribution in [1.82, 2.24) is 19.9 Å². The fraction of sp³-hybridized carbons (Fsp3) is 0.500. The summed E-state index contributed by atoms with van der Waals surface area (Å²) in [5.41, 5.74) is 0.00835. The van der Waals surface area contributed by atoms with Crippen LogP contribution >= 0.6 is 0 Å². The quantitative estimate of drug-likeness (QED) is 0.277. The van der Waals surface area contributed by atoms with Crippen LogP contribution in [0.15, 0.2) is 30.5 Å². The van der Waals surface area contributed by atoms with E-state index >= 15 is 4.39 Å². The van der Waals surface area contributed by atoms with E-state index in [1.807, 2.05) is 6.92 Å². The number of phenolic OH excluding ortho intramolecular Hbond substituents is 1. The van der Waals surface area contributed by atoms with Crippen LogP contribution < -0.4 is 9.64 Å². The minimum Gasteiger partial charge on any atom is -0.508 e. The number of pyridine rings is 1. The SMILES string of the molecule is CCc1c(F)ccc2cc(O)cc(-c3ncc4c(N5CCCC6(CCO6)C5)nc(OC[C@@]56CCCN5C[C@H](F)C6)nc4c3F)c12. The average Bonchev–Trinajstić information content (AvgIpc) is 3.55. The Balaban J connectivity index is 1.27. The van der Waals surface area contributed by atoms with Gasteiger partial charge in [0.25, 0.3) is 0 Å². The third kappa shape index (κ3) is 4.69. The number of hydrogen-bond acceptors (Lipinski definition) is 8. The van der Waals surface area contributed by atoms with Crippen molar-refractivity contribution in [3.05, 3.63) is 47.7 Å². The van der Waals surface area contributed by atoms with E-state index in [0.29, 0.717) is 60.0 Å². The fourth-order valence-corrected chi connectivity index (χ4v) is 8.19. The molecule has 8 rings (SSSR count). The van der Waals surface area contributed by atoms with Crippen molar-refractivity contribution in [2.24, 2.45) is 0 Å². The summed E-state index contributed by atoms with van der Waals surface area (Å²) in [5, 5.41) is 12.1.